The quantitative estimate of drug-likeness (QED) is 0.780. The van der Waals surface area contributed by atoms with Gasteiger partial charge in [-0.25, -0.2) is 0 Å². The van der Waals surface area contributed by atoms with Crippen LogP contribution in [0.4, 0.5) is 0 Å². The number of likely N-dealkylation sites (tertiary alicyclic amines) is 1. The predicted octanol–water partition coefficient (Wildman–Crippen LogP) is 3.28. The Balaban J connectivity index is 1.95. The van der Waals surface area contributed by atoms with E-state index in [1.165, 1.54) is 58.2 Å². The van der Waals surface area contributed by atoms with E-state index in [2.05, 4.69) is 31.0 Å². The first-order valence-corrected chi connectivity index (χ1v) is 8.12. The van der Waals surface area contributed by atoms with Crippen LogP contribution in [0.1, 0.15) is 59.3 Å². The summed E-state index contributed by atoms with van der Waals surface area (Å²) in [5, 5.41) is 3.62. The zero-order valence-electron chi connectivity index (χ0n) is 12.7. The molecule has 106 valence electrons. The van der Waals surface area contributed by atoms with E-state index in [1.807, 2.05) is 0 Å². The molecule has 1 atom stereocenters. The molecule has 2 rings (SSSR count). The molecule has 0 bridgehead atoms. The van der Waals surface area contributed by atoms with Crippen molar-refractivity contribution in [1.29, 1.82) is 0 Å². The van der Waals surface area contributed by atoms with Crippen LogP contribution in [0.5, 0.6) is 0 Å². The molecule has 1 N–H and O–H groups in total. The van der Waals surface area contributed by atoms with Gasteiger partial charge in [0.1, 0.15) is 0 Å². The van der Waals surface area contributed by atoms with Crippen molar-refractivity contribution in [2.45, 2.75) is 65.3 Å². The van der Waals surface area contributed by atoms with Crippen molar-refractivity contribution in [3.05, 3.63) is 0 Å². The van der Waals surface area contributed by atoms with Gasteiger partial charge in [0.25, 0.3) is 0 Å². The van der Waals surface area contributed by atoms with Gasteiger partial charge in [0, 0.05) is 19.1 Å². The average Bonchev–Trinajstić information content (AvgIpc) is 2.97. The van der Waals surface area contributed by atoms with Gasteiger partial charge < -0.3 is 5.32 Å². The Bertz CT molecular complexity index is 243. The molecule has 1 unspecified atom stereocenters. The summed E-state index contributed by atoms with van der Waals surface area (Å²) in [5.41, 5.74) is 0.591. The average molecular weight is 252 g/mol. The molecule has 2 nitrogen and oxygen atoms in total. The molecule has 2 heteroatoms. The summed E-state index contributed by atoms with van der Waals surface area (Å²) in [4.78, 5) is 2.81. The highest BCUT2D eigenvalue weighted by Crippen LogP contribution is 2.40. The smallest absolute Gasteiger partial charge is 0.0119 e. The minimum Gasteiger partial charge on any atom is -0.316 e. The lowest BCUT2D eigenvalue weighted by atomic mass is 9.84. The van der Waals surface area contributed by atoms with Crippen molar-refractivity contribution in [2.24, 2.45) is 11.3 Å². The largest absolute Gasteiger partial charge is 0.316 e. The van der Waals surface area contributed by atoms with Crippen molar-refractivity contribution in [1.82, 2.24) is 10.2 Å². The van der Waals surface area contributed by atoms with Gasteiger partial charge in [-0.05, 0) is 50.1 Å². The standard InChI is InChI=1S/C16H32N2/c1-4-17-12-16(9-5-6-10-16)13-18-11-7-8-15(18)14(2)3/h14-15,17H,4-13H2,1-3H3. The second-order valence-corrected chi connectivity index (χ2v) is 6.91. The lowest BCUT2D eigenvalue weighted by molar-refractivity contribution is 0.118. The van der Waals surface area contributed by atoms with Crippen molar-refractivity contribution >= 4 is 0 Å². The molecule has 1 aliphatic heterocycles. The molecule has 2 fully saturated rings. The Morgan fingerprint density at radius 3 is 2.56 bits per heavy atom. The van der Waals surface area contributed by atoms with E-state index in [0.717, 1.165) is 18.5 Å². The third-order valence-corrected chi connectivity index (χ3v) is 5.14. The fraction of sp³-hybridized carbons (Fsp3) is 1.00. The van der Waals surface area contributed by atoms with Crippen LogP contribution in [0.2, 0.25) is 0 Å². The maximum atomic E-state index is 3.62. The predicted molar refractivity (Wildman–Crippen MR) is 78.9 cm³/mol. The van der Waals surface area contributed by atoms with Gasteiger partial charge in [-0.1, -0.05) is 33.6 Å². The first-order chi connectivity index (χ1) is 8.67. The van der Waals surface area contributed by atoms with Crippen LogP contribution in [0.25, 0.3) is 0 Å². The van der Waals surface area contributed by atoms with Crippen molar-refractivity contribution in [2.75, 3.05) is 26.2 Å². The molecule has 0 spiro atoms. The van der Waals surface area contributed by atoms with E-state index in [0.29, 0.717) is 5.41 Å². The Hall–Kier alpha value is -0.0800. The molecular weight excluding hydrogens is 220 g/mol. The van der Waals surface area contributed by atoms with E-state index in [-0.39, 0.29) is 0 Å². The molecule has 0 radical (unpaired) electrons. The number of nitrogens with one attached hydrogen (secondary N) is 1. The fourth-order valence-corrected chi connectivity index (χ4v) is 4.14. The van der Waals surface area contributed by atoms with Gasteiger partial charge in [-0.2, -0.15) is 0 Å². The lowest BCUT2D eigenvalue weighted by Gasteiger charge is -2.38. The summed E-state index contributed by atoms with van der Waals surface area (Å²) in [7, 11) is 0. The summed E-state index contributed by atoms with van der Waals surface area (Å²) >= 11 is 0. The number of rotatable bonds is 6. The molecule has 0 aromatic heterocycles. The fourth-order valence-electron chi connectivity index (χ4n) is 4.14. The van der Waals surface area contributed by atoms with Crippen LogP contribution in [0.3, 0.4) is 0 Å². The molecule has 0 aromatic rings. The molecule has 1 heterocycles. The zero-order valence-corrected chi connectivity index (χ0v) is 12.7. The van der Waals surface area contributed by atoms with Gasteiger partial charge in [0.15, 0.2) is 0 Å². The monoisotopic (exact) mass is 252 g/mol. The first-order valence-electron chi connectivity index (χ1n) is 8.12. The molecule has 18 heavy (non-hydrogen) atoms. The van der Waals surface area contributed by atoms with Crippen LogP contribution in [0, 0.1) is 11.3 Å². The van der Waals surface area contributed by atoms with Crippen molar-refractivity contribution in [3.63, 3.8) is 0 Å². The summed E-state index contributed by atoms with van der Waals surface area (Å²) < 4.78 is 0. The van der Waals surface area contributed by atoms with E-state index in [4.69, 9.17) is 0 Å². The molecular formula is C16H32N2. The van der Waals surface area contributed by atoms with E-state index in [1.54, 1.807) is 0 Å². The van der Waals surface area contributed by atoms with Crippen LogP contribution >= 0.6 is 0 Å². The summed E-state index contributed by atoms with van der Waals surface area (Å²) in [6.45, 7) is 12.1. The van der Waals surface area contributed by atoms with Crippen molar-refractivity contribution < 1.29 is 0 Å². The van der Waals surface area contributed by atoms with Gasteiger partial charge in [0.2, 0.25) is 0 Å². The first kappa shape index (κ1) is 14.3. The van der Waals surface area contributed by atoms with E-state index < -0.39 is 0 Å². The van der Waals surface area contributed by atoms with Crippen molar-refractivity contribution in [3.8, 4) is 0 Å². The Morgan fingerprint density at radius 1 is 1.22 bits per heavy atom. The maximum absolute atomic E-state index is 3.62. The topological polar surface area (TPSA) is 15.3 Å². The molecule has 1 aliphatic carbocycles. The summed E-state index contributed by atoms with van der Waals surface area (Å²) in [5.74, 6) is 0.824. The zero-order chi connectivity index (χ0) is 13.0. The lowest BCUT2D eigenvalue weighted by Crippen LogP contribution is -2.45. The highest BCUT2D eigenvalue weighted by molar-refractivity contribution is 4.93. The normalized spacial score (nSPS) is 28.3. The van der Waals surface area contributed by atoms with Gasteiger partial charge in [-0.15, -0.1) is 0 Å². The van der Waals surface area contributed by atoms with Crippen LogP contribution in [-0.2, 0) is 0 Å². The second-order valence-electron chi connectivity index (χ2n) is 6.91. The highest BCUT2D eigenvalue weighted by Gasteiger charge is 2.38. The minimum absolute atomic E-state index is 0.591. The Kier molecular flexibility index (Phi) is 5.08. The molecule has 1 saturated heterocycles. The molecule has 0 amide bonds. The number of hydrogen-bond acceptors (Lipinski definition) is 2. The summed E-state index contributed by atoms with van der Waals surface area (Å²) in [6, 6.07) is 0.851. The molecule has 1 saturated carbocycles. The highest BCUT2D eigenvalue weighted by atomic mass is 15.2. The van der Waals surface area contributed by atoms with E-state index >= 15 is 0 Å². The summed E-state index contributed by atoms with van der Waals surface area (Å²) in [6.07, 6.45) is 8.63. The molecule has 0 aromatic carbocycles. The van der Waals surface area contributed by atoms with Crippen LogP contribution < -0.4 is 5.32 Å². The number of hydrogen-bond donors (Lipinski definition) is 1. The Morgan fingerprint density at radius 2 is 1.94 bits per heavy atom. The second kappa shape index (κ2) is 6.38. The Labute approximate surface area is 114 Å². The third kappa shape index (κ3) is 3.27. The SMILES string of the molecule is CCNCC1(CN2CCCC2C(C)C)CCCC1. The van der Waals surface area contributed by atoms with Crippen LogP contribution in [0.15, 0.2) is 0 Å². The third-order valence-electron chi connectivity index (χ3n) is 5.14. The number of nitrogens with zero attached hydrogens (tertiary/aromatic N) is 1. The molecule has 2 aliphatic rings. The minimum atomic E-state index is 0.591. The van der Waals surface area contributed by atoms with Gasteiger partial charge >= 0.3 is 0 Å². The van der Waals surface area contributed by atoms with Gasteiger partial charge in [0.05, 0.1) is 0 Å². The maximum Gasteiger partial charge on any atom is 0.0119 e. The van der Waals surface area contributed by atoms with Crippen LogP contribution in [-0.4, -0.2) is 37.1 Å². The van der Waals surface area contributed by atoms with Gasteiger partial charge in [-0.3, -0.25) is 4.90 Å². The van der Waals surface area contributed by atoms with E-state index in [9.17, 15) is 0 Å².